The van der Waals surface area contributed by atoms with Gasteiger partial charge in [0.2, 0.25) is 0 Å². The zero-order valence-electron chi connectivity index (χ0n) is 9.53. The van der Waals surface area contributed by atoms with Crippen molar-refractivity contribution in [3.05, 3.63) is 16.1 Å². The van der Waals surface area contributed by atoms with Crippen LogP contribution in [-0.4, -0.2) is 16.8 Å². The number of thiazole rings is 1. The van der Waals surface area contributed by atoms with Gasteiger partial charge in [-0.2, -0.15) is 11.8 Å². The van der Waals surface area contributed by atoms with E-state index in [0.29, 0.717) is 0 Å². The molecule has 1 atom stereocenters. The minimum atomic E-state index is 0.267. The molecule has 0 aliphatic carbocycles. The fourth-order valence-corrected chi connectivity index (χ4v) is 3.01. The van der Waals surface area contributed by atoms with Crippen LogP contribution in [0.2, 0.25) is 0 Å². The molecular weight excluding hydrogens is 224 g/mol. The van der Waals surface area contributed by atoms with E-state index in [9.17, 15) is 0 Å². The number of hydrogen-bond donors (Lipinski definition) is 1. The van der Waals surface area contributed by atoms with Crippen molar-refractivity contribution in [3.63, 3.8) is 0 Å². The Labute approximate surface area is 101 Å². The molecule has 1 aromatic rings. The summed E-state index contributed by atoms with van der Waals surface area (Å²) in [6, 6.07) is 0.267. The molecule has 1 aromatic heterocycles. The Kier molecular flexibility index (Phi) is 6.29. The number of nitrogens with two attached hydrogens (primary N) is 1. The van der Waals surface area contributed by atoms with Gasteiger partial charge in [0, 0.05) is 23.6 Å². The molecule has 0 aromatic carbocycles. The van der Waals surface area contributed by atoms with Gasteiger partial charge in [-0.3, -0.25) is 0 Å². The zero-order valence-corrected chi connectivity index (χ0v) is 11.2. The molecule has 2 nitrogen and oxygen atoms in total. The Morgan fingerprint density at radius 3 is 3.00 bits per heavy atom. The Morgan fingerprint density at radius 2 is 2.33 bits per heavy atom. The van der Waals surface area contributed by atoms with Gasteiger partial charge in [0.25, 0.3) is 0 Å². The maximum atomic E-state index is 5.90. The second-order valence-electron chi connectivity index (χ2n) is 3.66. The fraction of sp³-hybridized carbons (Fsp3) is 0.727. The third-order valence-electron chi connectivity index (χ3n) is 2.17. The quantitative estimate of drug-likeness (QED) is 0.749. The molecule has 2 N–H and O–H groups in total. The standard InChI is InChI=1S/C11H20N2S2/c1-3-5-14-8-11-13-10(7-15-11)6-9(12)4-2/h7,9H,3-6,8,12H2,1-2H3. The summed E-state index contributed by atoms with van der Waals surface area (Å²) in [7, 11) is 0. The van der Waals surface area contributed by atoms with Crippen LogP contribution >= 0.6 is 23.1 Å². The van der Waals surface area contributed by atoms with E-state index in [-0.39, 0.29) is 6.04 Å². The number of rotatable bonds is 7. The third-order valence-corrected chi connectivity index (χ3v) is 4.42. The molecular formula is C11H20N2S2. The number of hydrogen-bond acceptors (Lipinski definition) is 4. The largest absolute Gasteiger partial charge is 0.327 e. The third kappa shape index (κ3) is 5.00. The second-order valence-corrected chi connectivity index (χ2v) is 5.71. The van der Waals surface area contributed by atoms with Crippen molar-refractivity contribution in [2.45, 2.75) is 44.9 Å². The van der Waals surface area contributed by atoms with E-state index in [1.165, 1.54) is 22.9 Å². The first kappa shape index (κ1) is 13.0. The van der Waals surface area contributed by atoms with Crippen LogP contribution in [-0.2, 0) is 12.2 Å². The average molecular weight is 244 g/mol. The summed E-state index contributed by atoms with van der Waals surface area (Å²) in [6.07, 6.45) is 3.19. The molecule has 1 rings (SSSR count). The summed E-state index contributed by atoms with van der Waals surface area (Å²) in [6.45, 7) is 4.33. The highest BCUT2D eigenvalue weighted by Crippen LogP contribution is 2.18. The smallest absolute Gasteiger partial charge is 0.103 e. The van der Waals surface area contributed by atoms with Crippen LogP contribution in [0.4, 0.5) is 0 Å². The molecule has 0 fully saturated rings. The molecule has 0 aliphatic heterocycles. The lowest BCUT2D eigenvalue weighted by molar-refractivity contribution is 0.638. The first-order chi connectivity index (χ1) is 7.26. The summed E-state index contributed by atoms with van der Waals surface area (Å²) >= 11 is 3.73. The van der Waals surface area contributed by atoms with Gasteiger partial charge in [0.1, 0.15) is 5.01 Å². The van der Waals surface area contributed by atoms with E-state index < -0.39 is 0 Å². The van der Waals surface area contributed by atoms with E-state index in [1.807, 2.05) is 11.8 Å². The molecule has 4 heteroatoms. The lowest BCUT2D eigenvalue weighted by atomic mass is 10.1. The van der Waals surface area contributed by atoms with E-state index in [4.69, 9.17) is 5.73 Å². The molecule has 0 saturated carbocycles. The minimum Gasteiger partial charge on any atom is -0.327 e. The predicted molar refractivity (Wildman–Crippen MR) is 70.5 cm³/mol. The first-order valence-corrected chi connectivity index (χ1v) is 7.56. The molecule has 1 heterocycles. The average Bonchev–Trinajstić information content (AvgIpc) is 2.66. The van der Waals surface area contributed by atoms with Gasteiger partial charge in [0.15, 0.2) is 0 Å². The van der Waals surface area contributed by atoms with Crippen molar-refractivity contribution in [1.29, 1.82) is 0 Å². The van der Waals surface area contributed by atoms with Crippen molar-refractivity contribution in [1.82, 2.24) is 4.98 Å². The first-order valence-electron chi connectivity index (χ1n) is 5.52. The Morgan fingerprint density at radius 1 is 1.53 bits per heavy atom. The Hall–Kier alpha value is -0.0600. The maximum Gasteiger partial charge on any atom is 0.103 e. The van der Waals surface area contributed by atoms with Crippen molar-refractivity contribution >= 4 is 23.1 Å². The van der Waals surface area contributed by atoms with Crippen molar-refractivity contribution < 1.29 is 0 Å². The van der Waals surface area contributed by atoms with Gasteiger partial charge in [-0.15, -0.1) is 11.3 Å². The van der Waals surface area contributed by atoms with Crippen molar-refractivity contribution in [2.75, 3.05) is 5.75 Å². The molecule has 1 unspecified atom stereocenters. The van der Waals surface area contributed by atoms with Crippen molar-refractivity contribution in [2.24, 2.45) is 5.73 Å². The van der Waals surface area contributed by atoms with Crippen LogP contribution in [0.5, 0.6) is 0 Å². The minimum absolute atomic E-state index is 0.267. The SMILES string of the molecule is CCCSCc1nc(CC(N)CC)cs1. The van der Waals surface area contributed by atoms with Crippen LogP contribution in [0.1, 0.15) is 37.4 Å². The highest BCUT2D eigenvalue weighted by Gasteiger charge is 2.06. The summed E-state index contributed by atoms with van der Waals surface area (Å²) in [5.41, 5.74) is 7.06. The van der Waals surface area contributed by atoms with Gasteiger partial charge >= 0.3 is 0 Å². The maximum absolute atomic E-state index is 5.90. The number of thioether (sulfide) groups is 1. The van der Waals surface area contributed by atoms with Crippen LogP contribution in [0.25, 0.3) is 0 Å². The summed E-state index contributed by atoms with van der Waals surface area (Å²) in [4.78, 5) is 4.59. The molecule has 0 saturated heterocycles. The monoisotopic (exact) mass is 244 g/mol. The van der Waals surface area contributed by atoms with Gasteiger partial charge in [-0.1, -0.05) is 13.8 Å². The van der Waals surface area contributed by atoms with E-state index in [0.717, 1.165) is 18.6 Å². The Balaban J connectivity index is 2.35. The lowest BCUT2D eigenvalue weighted by Gasteiger charge is -2.04. The number of aromatic nitrogens is 1. The summed E-state index contributed by atoms with van der Waals surface area (Å²) < 4.78 is 0. The summed E-state index contributed by atoms with van der Waals surface area (Å²) in [5, 5.41) is 3.39. The topological polar surface area (TPSA) is 38.9 Å². The number of nitrogens with zero attached hydrogens (tertiary/aromatic N) is 1. The van der Waals surface area contributed by atoms with Crippen LogP contribution < -0.4 is 5.73 Å². The van der Waals surface area contributed by atoms with Gasteiger partial charge < -0.3 is 5.73 Å². The molecule has 15 heavy (non-hydrogen) atoms. The fourth-order valence-electron chi connectivity index (χ4n) is 1.23. The van der Waals surface area contributed by atoms with E-state index in [2.05, 4.69) is 24.2 Å². The van der Waals surface area contributed by atoms with Crippen molar-refractivity contribution in [3.8, 4) is 0 Å². The normalized spacial score (nSPS) is 13.0. The van der Waals surface area contributed by atoms with Crippen LogP contribution in [0.3, 0.4) is 0 Å². The Bertz CT molecular complexity index is 273. The lowest BCUT2D eigenvalue weighted by Crippen LogP contribution is -2.21. The highest BCUT2D eigenvalue weighted by atomic mass is 32.2. The molecule has 0 aliphatic rings. The van der Waals surface area contributed by atoms with Gasteiger partial charge in [-0.25, -0.2) is 4.98 Å². The highest BCUT2D eigenvalue weighted by molar-refractivity contribution is 7.98. The van der Waals surface area contributed by atoms with E-state index >= 15 is 0 Å². The molecule has 86 valence electrons. The molecule has 0 bridgehead atoms. The predicted octanol–water partition coefficient (Wildman–Crippen LogP) is 3.07. The van der Waals surface area contributed by atoms with Gasteiger partial charge in [0.05, 0.1) is 5.69 Å². The second kappa shape index (κ2) is 7.25. The summed E-state index contributed by atoms with van der Waals surface area (Å²) in [5.74, 6) is 2.28. The molecule has 0 amide bonds. The van der Waals surface area contributed by atoms with E-state index in [1.54, 1.807) is 11.3 Å². The molecule has 0 radical (unpaired) electrons. The zero-order chi connectivity index (χ0) is 11.1. The van der Waals surface area contributed by atoms with Crippen LogP contribution in [0, 0.1) is 0 Å². The van der Waals surface area contributed by atoms with Crippen LogP contribution in [0.15, 0.2) is 5.38 Å². The van der Waals surface area contributed by atoms with Gasteiger partial charge in [-0.05, 0) is 18.6 Å². The molecule has 0 spiro atoms.